The Labute approximate surface area is 124 Å². The lowest BCUT2D eigenvalue weighted by atomic mass is 10.0. The van der Waals surface area contributed by atoms with Crippen LogP contribution in [0, 0.1) is 0 Å². The molecule has 122 valence electrons. The number of carbonyl (C=O) groups is 1. The number of hydrogen-bond acceptors (Lipinski definition) is 5. The Hall–Kier alpha value is -1.81. The third-order valence-electron chi connectivity index (χ3n) is 3.52. The van der Waals surface area contributed by atoms with Crippen molar-refractivity contribution in [3.05, 3.63) is 24.3 Å². The first-order valence-corrected chi connectivity index (χ1v) is 7.64. The highest BCUT2D eigenvalue weighted by atomic mass is 32.2. The summed E-state index contributed by atoms with van der Waals surface area (Å²) < 4.78 is 59.8. The smallest absolute Gasteiger partial charge is 0.378 e. The van der Waals surface area contributed by atoms with Crippen molar-refractivity contribution in [3.63, 3.8) is 0 Å². The van der Waals surface area contributed by atoms with Crippen molar-refractivity contribution in [2.75, 3.05) is 18.0 Å². The number of nitrogens with two attached hydrogens (primary N) is 1. The predicted molar refractivity (Wildman–Crippen MR) is 70.7 cm³/mol. The van der Waals surface area contributed by atoms with Gasteiger partial charge in [-0.1, -0.05) is 0 Å². The van der Waals surface area contributed by atoms with Crippen molar-refractivity contribution in [1.82, 2.24) is 0 Å². The van der Waals surface area contributed by atoms with Gasteiger partial charge in [0, 0.05) is 18.7 Å². The molecular formula is C12H13F3N2O4S. The van der Waals surface area contributed by atoms with E-state index in [1.165, 1.54) is 17.0 Å². The second kappa shape index (κ2) is 5.13. The molecular weight excluding hydrogens is 325 g/mol. The van der Waals surface area contributed by atoms with Gasteiger partial charge in [0.25, 0.3) is 15.7 Å². The van der Waals surface area contributed by atoms with E-state index in [1.807, 2.05) is 0 Å². The zero-order chi connectivity index (χ0) is 16.8. The second-order valence-corrected chi connectivity index (χ2v) is 6.95. The summed E-state index contributed by atoms with van der Waals surface area (Å²) in [6.45, 7) is 0.165. The van der Waals surface area contributed by atoms with Crippen LogP contribution in [0.2, 0.25) is 0 Å². The first-order chi connectivity index (χ1) is 9.97. The van der Waals surface area contributed by atoms with Gasteiger partial charge in [0.05, 0.1) is 11.4 Å². The molecule has 22 heavy (non-hydrogen) atoms. The van der Waals surface area contributed by atoms with Crippen molar-refractivity contribution in [1.29, 1.82) is 0 Å². The molecule has 2 rings (SSSR count). The first kappa shape index (κ1) is 16.6. The van der Waals surface area contributed by atoms with Gasteiger partial charge in [-0.3, -0.25) is 4.79 Å². The molecule has 1 unspecified atom stereocenters. The van der Waals surface area contributed by atoms with Gasteiger partial charge < -0.3 is 15.7 Å². The molecule has 1 saturated heterocycles. The third kappa shape index (κ3) is 2.75. The maximum absolute atomic E-state index is 12.4. The Bertz CT molecular complexity index is 687. The number of rotatable bonds is 3. The van der Waals surface area contributed by atoms with Crippen LogP contribution >= 0.6 is 0 Å². The summed E-state index contributed by atoms with van der Waals surface area (Å²) in [6, 6.07) is 4.04. The van der Waals surface area contributed by atoms with Crippen LogP contribution in [0.5, 0.6) is 0 Å². The summed E-state index contributed by atoms with van der Waals surface area (Å²) in [5.41, 5.74) is -1.60. The summed E-state index contributed by atoms with van der Waals surface area (Å²) in [6.07, 6.45) is 0.0882. The quantitative estimate of drug-likeness (QED) is 0.831. The summed E-state index contributed by atoms with van der Waals surface area (Å²) >= 11 is 0. The maximum atomic E-state index is 12.4. The average molecular weight is 338 g/mol. The van der Waals surface area contributed by atoms with Crippen molar-refractivity contribution >= 4 is 21.4 Å². The van der Waals surface area contributed by atoms with Crippen molar-refractivity contribution in [3.8, 4) is 0 Å². The highest BCUT2D eigenvalue weighted by Crippen LogP contribution is 2.32. The van der Waals surface area contributed by atoms with Gasteiger partial charge in [-0.05, 0) is 24.3 Å². The Morgan fingerprint density at radius 3 is 2.23 bits per heavy atom. The van der Waals surface area contributed by atoms with Crippen LogP contribution in [0.3, 0.4) is 0 Å². The number of carbonyl (C=O) groups excluding carboxylic acids is 1. The first-order valence-electron chi connectivity index (χ1n) is 6.16. The molecule has 1 amide bonds. The number of aliphatic hydroxyl groups is 1. The zero-order valence-electron chi connectivity index (χ0n) is 11.2. The van der Waals surface area contributed by atoms with E-state index in [0.717, 1.165) is 12.1 Å². The predicted octanol–water partition coefficient (Wildman–Crippen LogP) is 0.407. The Morgan fingerprint density at radius 1 is 1.27 bits per heavy atom. The van der Waals surface area contributed by atoms with Gasteiger partial charge >= 0.3 is 5.51 Å². The lowest BCUT2D eigenvalue weighted by molar-refractivity contribution is -0.134. The number of hydrogen-bond donors (Lipinski definition) is 2. The molecule has 10 heteroatoms. The molecule has 0 aliphatic carbocycles. The van der Waals surface area contributed by atoms with Gasteiger partial charge in [0.2, 0.25) is 0 Å². The van der Waals surface area contributed by atoms with Gasteiger partial charge in [0.15, 0.2) is 5.60 Å². The number of benzene rings is 1. The van der Waals surface area contributed by atoms with E-state index < -0.39 is 31.7 Å². The van der Waals surface area contributed by atoms with E-state index in [1.54, 1.807) is 0 Å². The van der Waals surface area contributed by atoms with Gasteiger partial charge in [-0.25, -0.2) is 8.42 Å². The minimum absolute atomic E-state index is 0.0882. The second-order valence-electron chi connectivity index (χ2n) is 5.01. The monoisotopic (exact) mass is 338 g/mol. The SMILES string of the molecule is NC(=O)C1(O)CCN(c2ccc(S(=O)(=O)C(F)(F)F)cc2)C1. The molecule has 1 atom stereocenters. The molecule has 3 N–H and O–H groups in total. The standard InChI is InChI=1S/C12H13F3N2O4S/c13-12(14,15)22(20,21)9-3-1-8(2-4-9)17-6-5-11(19,7-17)10(16)18/h1-4,19H,5-7H2,(H2,16,18). The molecule has 1 aromatic rings. The summed E-state index contributed by atoms with van der Waals surface area (Å²) in [5.74, 6) is -0.883. The fraction of sp³-hybridized carbons (Fsp3) is 0.417. The van der Waals surface area contributed by atoms with Crippen LogP contribution < -0.4 is 10.6 Å². The van der Waals surface area contributed by atoms with Gasteiger partial charge in [-0.2, -0.15) is 13.2 Å². The fourth-order valence-electron chi connectivity index (χ4n) is 2.19. The van der Waals surface area contributed by atoms with E-state index in [-0.39, 0.29) is 19.5 Å². The number of anilines is 1. The molecule has 1 aliphatic rings. The van der Waals surface area contributed by atoms with Gasteiger partial charge in [-0.15, -0.1) is 0 Å². The van der Waals surface area contributed by atoms with E-state index >= 15 is 0 Å². The van der Waals surface area contributed by atoms with E-state index in [9.17, 15) is 31.5 Å². The molecule has 0 radical (unpaired) electrons. The molecule has 1 aromatic carbocycles. The Morgan fingerprint density at radius 2 is 1.82 bits per heavy atom. The Balaban J connectivity index is 2.23. The largest absolute Gasteiger partial charge is 0.501 e. The number of alkyl halides is 3. The molecule has 0 bridgehead atoms. The van der Waals surface area contributed by atoms with Crippen LogP contribution in [0.15, 0.2) is 29.2 Å². The Kier molecular flexibility index (Phi) is 3.86. The van der Waals surface area contributed by atoms with Crippen LogP contribution in [0.4, 0.5) is 18.9 Å². The van der Waals surface area contributed by atoms with Crippen molar-refractivity contribution < 1.29 is 31.5 Å². The van der Waals surface area contributed by atoms with Crippen molar-refractivity contribution in [2.45, 2.75) is 22.4 Å². The fourth-order valence-corrected chi connectivity index (χ4v) is 2.95. The van der Waals surface area contributed by atoms with E-state index in [2.05, 4.69) is 0 Å². The molecule has 0 spiro atoms. The molecule has 0 saturated carbocycles. The van der Waals surface area contributed by atoms with E-state index in [4.69, 9.17) is 5.73 Å². The minimum atomic E-state index is -5.40. The summed E-state index contributed by atoms with van der Waals surface area (Å²) in [5, 5.41) is 9.93. The molecule has 6 nitrogen and oxygen atoms in total. The number of primary amides is 1. The van der Waals surface area contributed by atoms with Gasteiger partial charge in [0.1, 0.15) is 0 Å². The zero-order valence-corrected chi connectivity index (χ0v) is 12.0. The normalized spacial score (nSPS) is 22.8. The van der Waals surface area contributed by atoms with Crippen LogP contribution in [-0.4, -0.2) is 43.6 Å². The van der Waals surface area contributed by atoms with Crippen LogP contribution in [-0.2, 0) is 14.6 Å². The van der Waals surface area contributed by atoms with E-state index in [0.29, 0.717) is 5.69 Å². The maximum Gasteiger partial charge on any atom is 0.501 e. The number of sulfone groups is 1. The number of halogens is 3. The third-order valence-corrected chi connectivity index (χ3v) is 5.03. The molecule has 1 heterocycles. The highest BCUT2D eigenvalue weighted by molar-refractivity contribution is 7.92. The lowest BCUT2D eigenvalue weighted by Crippen LogP contribution is -2.46. The number of β-amino-alcohol motifs (C(OH)–C–C–N with tert-alkyl or cyclic N) is 1. The minimum Gasteiger partial charge on any atom is -0.378 e. The summed E-state index contributed by atoms with van der Waals surface area (Å²) in [4.78, 5) is 11.8. The van der Waals surface area contributed by atoms with Crippen LogP contribution in [0.1, 0.15) is 6.42 Å². The molecule has 1 fully saturated rings. The molecule has 0 aromatic heterocycles. The molecule has 1 aliphatic heterocycles. The topological polar surface area (TPSA) is 101 Å². The van der Waals surface area contributed by atoms with Crippen molar-refractivity contribution in [2.24, 2.45) is 5.73 Å². The average Bonchev–Trinajstić information content (AvgIpc) is 2.82. The number of amides is 1. The van der Waals surface area contributed by atoms with Crippen LogP contribution in [0.25, 0.3) is 0 Å². The lowest BCUT2D eigenvalue weighted by Gasteiger charge is -2.21. The highest BCUT2D eigenvalue weighted by Gasteiger charge is 2.47. The summed E-state index contributed by atoms with van der Waals surface area (Å²) in [7, 11) is -5.40. The number of nitrogens with zero attached hydrogens (tertiary/aromatic N) is 1.